The highest BCUT2D eigenvalue weighted by molar-refractivity contribution is 7.89. The van der Waals surface area contributed by atoms with Crippen LogP contribution in [-0.2, 0) is 24.3 Å². The molecule has 1 saturated heterocycles. The third-order valence-electron chi connectivity index (χ3n) is 4.48. The number of nitrogens with one attached hydrogen (secondary N) is 2. The molecule has 1 fully saturated rings. The van der Waals surface area contributed by atoms with Gasteiger partial charge in [-0.2, -0.15) is 4.31 Å². The zero-order valence-corrected chi connectivity index (χ0v) is 17.5. The molecule has 0 bridgehead atoms. The lowest BCUT2D eigenvalue weighted by Gasteiger charge is -2.25. The minimum atomic E-state index is -3.68. The van der Waals surface area contributed by atoms with E-state index >= 15 is 0 Å². The molecule has 0 radical (unpaired) electrons. The molecular weight excluding hydrogens is 398 g/mol. The summed E-state index contributed by atoms with van der Waals surface area (Å²) in [7, 11) is -3.68. The zero-order chi connectivity index (χ0) is 21.4. The third-order valence-corrected chi connectivity index (χ3v) is 6.37. The third kappa shape index (κ3) is 6.26. The van der Waals surface area contributed by atoms with Gasteiger partial charge in [0.2, 0.25) is 15.9 Å². The molecule has 0 spiro atoms. The molecule has 0 aliphatic carbocycles. The van der Waals surface area contributed by atoms with Crippen LogP contribution in [0.3, 0.4) is 0 Å². The molecule has 0 aromatic heterocycles. The number of likely N-dealkylation sites (N-methyl/N-ethyl adjacent to an activating group) is 1. The normalized spacial score (nSPS) is 15.9. The molecule has 10 heteroatoms. The fraction of sp³-hybridized carbons (Fsp3) is 0.526. The average molecular weight is 426 g/mol. The Kier molecular flexibility index (Phi) is 8.15. The van der Waals surface area contributed by atoms with Crippen molar-refractivity contribution in [2.75, 3.05) is 26.2 Å². The maximum absolute atomic E-state index is 12.7. The second-order valence-corrected chi connectivity index (χ2v) is 8.69. The molecule has 2 amide bonds. The number of rotatable bonds is 8. The Labute approximate surface area is 170 Å². The van der Waals surface area contributed by atoms with Crippen molar-refractivity contribution in [3.05, 3.63) is 29.8 Å². The van der Waals surface area contributed by atoms with Gasteiger partial charge in [-0.15, -0.1) is 0 Å². The maximum atomic E-state index is 12.7. The molecule has 0 unspecified atom stereocenters. The SMILES string of the molecule is CCNC(=O)[C@H](C)NC(=O)COC(=O)c1cccc(S(=O)(=O)N2CCCCC2)c1. The van der Waals surface area contributed by atoms with Gasteiger partial charge < -0.3 is 15.4 Å². The summed E-state index contributed by atoms with van der Waals surface area (Å²) in [5.74, 6) is -1.79. The average Bonchev–Trinajstić information content (AvgIpc) is 2.72. The quantitative estimate of drug-likeness (QED) is 0.590. The molecule has 1 atom stereocenters. The first-order valence-corrected chi connectivity index (χ1v) is 11.0. The van der Waals surface area contributed by atoms with Gasteiger partial charge in [-0.25, -0.2) is 13.2 Å². The number of piperidine rings is 1. The molecule has 1 aromatic rings. The number of carbonyl (C=O) groups excluding carboxylic acids is 3. The zero-order valence-electron chi connectivity index (χ0n) is 16.6. The number of ether oxygens (including phenoxy) is 1. The van der Waals surface area contributed by atoms with E-state index in [2.05, 4.69) is 10.6 Å². The smallest absolute Gasteiger partial charge is 0.338 e. The molecule has 1 heterocycles. The van der Waals surface area contributed by atoms with E-state index < -0.39 is 34.5 Å². The Morgan fingerprint density at radius 3 is 2.52 bits per heavy atom. The Morgan fingerprint density at radius 2 is 1.86 bits per heavy atom. The first kappa shape index (κ1) is 22.8. The monoisotopic (exact) mass is 425 g/mol. The van der Waals surface area contributed by atoms with Crippen LogP contribution in [0.5, 0.6) is 0 Å². The number of benzene rings is 1. The summed E-state index contributed by atoms with van der Waals surface area (Å²) in [6.07, 6.45) is 2.62. The van der Waals surface area contributed by atoms with Crippen LogP contribution in [-0.4, -0.2) is 62.8 Å². The Hall–Kier alpha value is -2.46. The van der Waals surface area contributed by atoms with Crippen molar-refractivity contribution in [2.45, 2.75) is 44.0 Å². The topological polar surface area (TPSA) is 122 Å². The summed E-state index contributed by atoms with van der Waals surface area (Å²) in [6, 6.07) is 4.81. The predicted octanol–water partition coefficient (Wildman–Crippen LogP) is 0.659. The van der Waals surface area contributed by atoms with Crippen molar-refractivity contribution in [1.29, 1.82) is 0 Å². The van der Waals surface area contributed by atoms with Crippen LogP contribution < -0.4 is 10.6 Å². The van der Waals surface area contributed by atoms with Crippen LogP contribution in [0.15, 0.2) is 29.2 Å². The predicted molar refractivity (Wildman–Crippen MR) is 106 cm³/mol. The van der Waals surface area contributed by atoms with E-state index in [0.717, 1.165) is 19.3 Å². The number of esters is 1. The number of sulfonamides is 1. The van der Waals surface area contributed by atoms with E-state index in [-0.39, 0.29) is 16.4 Å². The van der Waals surface area contributed by atoms with Crippen LogP contribution in [0.25, 0.3) is 0 Å². The second-order valence-electron chi connectivity index (χ2n) is 6.75. The van der Waals surface area contributed by atoms with Crippen LogP contribution in [0.1, 0.15) is 43.5 Å². The molecule has 9 nitrogen and oxygen atoms in total. The van der Waals surface area contributed by atoms with Gasteiger partial charge in [0.1, 0.15) is 6.04 Å². The van der Waals surface area contributed by atoms with Gasteiger partial charge in [-0.05, 0) is 44.9 Å². The fourth-order valence-electron chi connectivity index (χ4n) is 2.93. The molecule has 1 aromatic carbocycles. The lowest BCUT2D eigenvalue weighted by Crippen LogP contribution is -2.46. The molecule has 0 saturated carbocycles. The lowest BCUT2D eigenvalue weighted by atomic mass is 10.2. The Balaban J connectivity index is 1.97. The van der Waals surface area contributed by atoms with E-state index in [9.17, 15) is 22.8 Å². The van der Waals surface area contributed by atoms with Crippen molar-refractivity contribution < 1.29 is 27.5 Å². The highest BCUT2D eigenvalue weighted by atomic mass is 32.2. The van der Waals surface area contributed by atoms with Gasteiger partial charge in [-0.3, -0.25) is 9.59 Å². The van der Waals surface area contributed by atoms with Gasteiger partial charge in [-0.1, -0.05) is 12.5 Å². The van der Waals surface area contributed by atoms with E-state index in [1.165, 1.54) is 35.5 Å². The second kappa shape index (κ2) is 10.4. The van der Waals surface area contributed by atoms with Gasteiger partial charge in [0.05, 0.1) is 10.5 Å². The summed E-state index contributed by atoms with van der Waals surface area (Å²) in [4.78, 5) is 35.7. The summed E-state index contributed by atoms with van der Waals surface area (Å²) in [6.45, 7) is 4.05. The van der Waals surface area contributed by atoms with Crippen LogP contribution >= 0.6 is 0 Å². The Bertz CT molecular complexity index is 849. The first-order valence-electron chi connectivity index (χ1n) is 9.60. The highest BCUT2D eigenvalue weighted by Gasteiger charge is 2.26. The van der Waals surface area contributed by atoms with Crippen LogP contribution in [0.2, 0.25) is 0 Å². The minimum Gasteiger partial charge on any atom is -0.452 e. The molecule has 2 N–H and O–H groups in total. The molecule has 1 aliphatic heterocycles. The van der Waals surface area contributed by atoms with Gasteiger partial charge >= 0.3 is 5.97 Å². The van der Waals surface area contributed by atoms with Gasteiger partial charge in [0.25, 0.3) is 5.91 Å². The van der Waals surface area contributed by atoms with Crippen LogP contribution in [0, 0.1) is 0 Å². The standard InChI is InChI=1S/C19H27N3O6S/c1-3-20-18(24)14(2)21-17(23)13-28-19(25)15-8-7-9-16(12-15)29(26,27)22-10-5-4-6-11-22/h7-9,12,14H,3-6,10-11,13H2,1-2H3,(H,20,24)(H,21,23)/t14-/m0/s1. The maximum Gasteiger partial charge on any atom is 0.338 e. The fourth-order valence-corrected chi connectivity index (χ4v) is 4.49. The number of hydrogen-bond acceptors (Lipinski definition) is 6. The summed E-state index contributed by atoms with van der Waals surface area (Å²) in [5, 5.41) is 4.99. The van der Waals surface area contributed by atoms with Crippen LogP contribution in [0.4, 0.5) is 0 Å². The van der Waals surface area contributed by atoms with E-state index in [1.807, 2.05) is 0 Å². The minimum absolute atomic E-state index is 0.0168. The highest BCUT2D eigenvalue weighted by Crippen LogP contribution is 2.21. The molecule has 1 aliphatic rings. The van der Waals surface area contributed by atoms with Crippen molar-refractivity contribution in [2.24, 2.45) is 0 Å². The van der Waals surface area contributed by atoms with Crippen molar-refractivity contribution in [3.8, 4) is 0 Å². The van der Waals surface area contributed by atoms with Crippen molar-refractivity contribution in [3.63, 3.8) is 0 Å². The number of nitrogens with zero attached hydrogens (tertiary/aromatic N) is 1. The van der Waals surface area contributed by atoms with E-state index in [4.69, 9.17) is 4.74 Å². The van der Waals surface area contributed by atoms with Gasteiger partial charge in [0.15, 0.2) is 6.61 Å². The summed E-state index contributed by atoms with van der Waals surface area (Å²) >= 11 is 0. The summed E-state index contributed by atoms with van der Waals surface area (Å²) in [5.41, 5.74) is 0.0349. The Morgan fingerprint density at radius 1 is 1.17 bits per heavy atom. The van der Waals surface area contributed by atoms with Crippen molar-refractivity contribution >= 4 is 27.8 Å². The molecular formula is C19H27N3O6S. The number of carbonyl (C=O) groups is 3. The largest absolute Gasteiger partial charge is 0.452 e. The first-order chi connectivity index (χ1) is 13.8. The number of amides is 2. The molecule has 29 heavy (non-hydrogen) atoms. The van der Waals surface area contributed by atoms with E-state index in [1.54, 1.807) is 6.92 Å². The lowest BCUT2D eigenvalue weighted by molar-refractivity contribution is -0.130. The molecule has 2 rings (SSSR count). The van der Waals surface area contributed by atoms with Crippen molar-refractivity contribution in [1.82, 2.24) is 14.9 Å². The molecule has 160 valence electrons. The number of hydrogen-bond donors (Lipinski definition) is 2. The summed E-state index contributed by atoms with van der Waals surface area (Å²) < 4.78 is 31.8. The van der Waals surface area contributed by atoms with Gasteiger partial charge in [0, 0.05) is 19.6 Å². The van der Waals surface area contributed by atoms with E-state index in [0.29, 0.717) is 19.6 Å².